The molecule has 1 fully saturated rings. The first-order valence-electron chi connectivity index (χ1n) is 6.86. The van der Waals surface area contributed by atoms with Crippen LogP contribution in [0.4, 0.5) is 5.69 Å². The van der Waals surface area contributed by atoms with Gasteiger partial charge in [-0.3, -0.25) is 5.41 Å². The van der Waals surface area contributed by atoms with Gasteiger partial charge in [-0.2, -0.15) is 0 Å². The van der Waals surface area contributed by atoms with E-state index in [1.165, 1.54) is 19.2 Å². The van der Waals surface area contributed by atoms with Crippen LogP contribution in [-0.4, -0.2) is 28.9 Å². The van der Waals surface area contributed by atoms with Gasteiger partial charge in [0.15, 0.2) is 0 Å². The fourth-order valence-electron chi connectivity index (χ4n) is 2.54. The first kappa shape index (κ1) is 13.8. The van der Waals surface area contributed by atoms with Gasteiger partial charge in [0, 0.05) is 18.7 Å². The summed E-state index contributed by atoms with van der Waals surface area (Å²) >= 11 is 6.41. The average Bonchev–Trinajstić information content (AvgIpc) is 3.01. The van der Waals surface area contributed by atoms with Crippen LogP contribution in [0.15, 0.2) is 30.6 Å². The number of aromatic nitrogens is 2. The average molecular weight is 302 g/mol. The highest BCUT2D eigenvalue weighted by Gasteiger charge is 2.16. The number of hydrogen-bond donors (Lipinski definition) is 2. The summed E-state index contributed by atoms with van der Waals surface area (Å²) in [6.45, 7) is 2.11. The highest BCUT2D eigenvalue weighted by Crippen LogP contribution is 2.32. The molecule has 1 aromatic heterocycles. The summed E-state index contributed by atoms with van der Waals surface area (Å²) in [5.41, 5.74) is 8.55. The lowest BCUT2D eigenvalue weighted by Crippen LogP contribution is -2.17. The fraction of sp³-hybridized carbons (Fsp3) is 0.267. The molecule has 6 heteroatoms. The molecule has 0 unspecified atom stereocenters. The minimum atomic E-state index is -0.0709. The first-order valence-corrected chi connectivity index (χ1v) is 7.24. The molecule has 0 saturated carbocycles. The summed E-state index contributed by atoms with van der Waals surface area (Å²) in [6, 6.07) is 7.62. The topological polar surface area (TPSA) is 78.9 Å². The van der Waals surface area contributed by atoms with Gasteiger partial charge >= 0.3 is 0 Å². The van der Waals surface area contributed by atoms with Crippen molar-refractivity contribution in [3.63, 3.8) is 0 Å². The van der Waals surface area contributed by atoms with Crippen molar-refractivity contribution in [3.05, 3.63) is 41.3 Å². The predicted molar refractivity (Wildman–Crippen MR) is 84.9 cm³/mol. The number of nitrogens with zero attached hydrogens (tertiary/aromatic N) is 3. The number of rotatable bonds is 3. The standard InChI is InChI=1S/C15H16ClN5/c16-11-7-10(3-4-14(11)21-5-1-2-6-21)12-8-13(15(17)18)20-9-19-12/h3-4,7-9H,1-2,5-6H2,(H3,17,18). The smallest absolute Gasteiger partial charge is 0.141 e. The van der Waals surface area contributed by atoms with Crippen molar-refractivity contribution in [1.29, 1.82) is 5.41 Å². The molecule has 0 radical (unpaired) electrons. The molecule has 5 nitrogen and oxygen atoms in total. The van der Waals surface area contributed by atoms with E-state index in [1.54, 1.807) is 6.07 Å². The predicted octanol–water partition coefficient (Wildman–Crippen LogP) is 2.68. The second-order valence-electron chi connectivity index (χ2n) is 5.06. The van der Waals surface area contributed by atoms with Gasteiger partial charge in [-0.25, -0.2) is 9.97 Å². The Kier molecular flexibility index (Phi) is 3.75. The van der Waals surface area contributed by atoms with E-state index in [2.05, 4.69) is 14.9 Å². The lowest BCUT2D eigenvalue weighted by molar-refractivity contribution is 0.949. The van der Waals surface area contributed by atoms with Crippen molar-refractivity contribution in [3.8, 4) is 11.3 Å². The third kappa shape index (κ3) is 2.83. The van der Waals surface area contributed by atoms with E-state index in [-0.39, 0.29) is 5.84 Å². The quantitative estimate of drug-likeness (QED) is 0.675. The molecule has 3 rings (SSSR count). The van der Waals surface area contributed by atoms with E-state index in [4.69, 9.17) is 22.7 Å². The van der Waals surface area contributed by atoms with Gasteiger partial charge in [0.25, 0.3) is 0 Å². The summed E-state index contributed by atoms with van der Waals surface area (Å²) in [5.74, 6) is -0.0709. The van der Waals surface area contributed by atoms with Crippen LogP contribution in [0.3, 0.4) is 0 Å². The molecular formula is C15H16ClN5. The number of nitrogens with two attached hydrogens (primary N) is 1. The van der Waals surface area contributed by atoms with E-state index >= 15 is 0 Å². The van der Waals surface area contributed by atoms with Crippen LogP contribution in [0.1, 0.15) is 18.5 Å². The highest BCUT2D eigenvalue weighted by atomic mass is 35.5. The second-order valence-corrected chi connectivity index (χ2v) is 5.47. The number of anilines is 1. The van der Waals surface area contributed by atoms with E-state index in [1.807, 2.05) is 18.2 Å². The van der Waals surface area contributed by atoms with Crippen LogP contribution >= 0.6 is 11.6 Å². The zero-order chi connectivity index (χ0) is 14.8. The monoisotopic (exact) mass is 301 g/mol. The van der Waals surface area contributed by atoms with Crippen molar-refractivity contribution in [1.82, 2.24) is 9.97 Å². The minimum Gasteiger partial charge on any atom is -0.382 e. The number of nitrogen functional groups attached to an aromatic ring is 1. The number of halogens is 1. The van der Waals surface area contributed by atoms with Crippen LogP contribution in [0.2, 0.25) is 5.02 Å². The molecule has 1 saturated heterocycles. The van der Waals surface area contributed by atoms with Crippen molar-refractivity contribution >= 4 is 23.1 Å². The summed E-state index contributed by atoms with van der Waals surface area (Å²) in [4.78, 5) is 10.5. The van der Waals surface area contributed by atoms with Gasteiger partial charge in [-0.1, -0.05) is 17.7 Å². The molecule has 0 aliphatic carbocycles. The Morgan fingerprint density at radius 3 is 2.62 bits per heavy atom. The number of nitrogens with one attached hydrogen (secondary N) is 1. The third-order valence-electron chi connectivity index (χ3n) is 3.63. The van der Waals surface area contributed by atoms with Gasteiger partial charge in [0.05, 0.1) is 16.4 Å². The zero-order valence-corrected chi connectivity index (χ0v) is 12.3. The lowest BCUT2D eigenvalue weighted by Gasteiger charge is -2.19. The molecule has 2 heterocycles. The maximum atomic E-state index is 7.44. The molecule has 3 N–H and O–H groups in total. The minimum absolute atomic E-state index is 0.0709. The molecule has 0 amide bonds. The van der Waals surface area contributed by atoms with E-state index < -0.39 is 0 Å². The fourth-order valence-corrected chi connectivity index (χ4v) is 2.84. The second kappa shape index (κ2) is 5.69. The van der Waals surface area contributed by atoms with Crippen molar-refractivity contribution in [2.24, 2.45) is 5.73 Å². The maximum absolute atomic E-state index is 7.44. The summed E-state index contributed by atoms with van der Waals surface area (Å²) in [5, 5.41) is 8.16. The molecular weight excluding hydrogens is 286 g/mol. The molecule has 1 aliphatic rings. The molecule has 108 valence electrons. The van der Waals surface area contributed by atoms with Crippen LogP contribution in [0, 0.1) is 5.41 Å². The van der Waals surface area contributed by atoms with Gasteiger partial charge in [-0.15, -0.1) is 0 Å². The lowest BCUT2D eigenvalue weighted by atomic mass is 10.1. The van der Waals surface area contributed by atoms with Gasteiger partial charge in [0.1, 0.15) is 17.9 Å². The Morgan fingerprint density at radius 1 is 1.19 bits per heavy atom. The molecule has 0 bridgehead atoms. The Balaban J connectivity index is 1.94. The molecule has 1 aromatic carbocycles. The Morgan fingerprint density at radius 2 is 1.95 bits per heavy atom. The number of amidine groups is 1. The van der Waals surface area contributed by atoms with Crippen molar-refractivity contribution in [2.45, 2.75) is 12.8 Å². The van der Waals surface area contributed by atoms with Gasteiger partial charge in [0.2, 0.25) is 0 Å². The SMILES string of the molecule is N=C(N)c1cc(-c2ccc(N3CCCC3)c(Cl)c2)ncn1. The highest BCUT2D eigenvalue weighted by molar-refractivity contribution is 6.33. The van der Waals surface area contributed by atoms with Crippen LogP contribution in [0.25, 0.3) is 11.3 Å². The third-order valence-corrected chi connectivity index (χ3v) is 3.94. The molecule has 0 spiro atoms. The Hall–Kier alpha value is -2.14. The molecule has 1 aliphatic heterocycles. The summed E-state index contributed by atoms with van der Waals surface area (Å²) in [7, 11) is 0. The van der Waals surface area contributed by atoms with Gasteiger partial charge < -0.3 is 10.6 Å². The van der Waals surface area contributed by atoms with E-state index in [0.717, 1.165) is 29.4 Å². The number of hydrogen-bond acceptors (Lipinski definition) is 4. The van der Waals surface area contributed by atoms with Crippen LogP contribution in [-0.2, 0) is 0 Å². The molecule has 0 atom stereocenters. The molecule has 2 aromatic rings. The zero-order valence-electron chi connectivity index (χ0n) is 11.5. The van der Waals surface area contributed by atoms with Gasteiger partial charge in [-0.05, 0) is 31.0 Å². The summed E-state index contributed by atoms with van der Waals surface area (Å²) in [6.07, 6.45) is 3.84. The van der Waals surface area contributed by atoms with Crippen LogP contribution < -0.4 is 10.6 Å². The summed E-state index contributed by atoms with van der Waals surface area (Å²) < 4.78 is 0. The van der Waals surface area contributed by atoms with Crippen LogP contribution in [0.5, 0.6) is 0 Å². The Labute approximate surface area is 128 Å². The van der Waals surface area contributed by atoms with Crippen molar-refractivity contribution < 1.29 is 0 Å². The first-order chi connectivity index (χ1) is 10.1. The van der Waals surface area contributed by atoms with E-state index in [0.29, 0.717) is 11.4 Å². The maximum Gasteiger partial charge on any atom is 0.141 e. The largest absolute Gasteiger partial charge is 0.382 e. The van der Waals surface area contributed by atoms with Crippen molar-refractivity contribution in [2.75, 3.05) is 18.0 Å². The number of benzene rings is 1. The Bertz CT molecular complexity index is 680. The molecule has 21 heavy (non-hydrogen) atoms. The normalized spacial score (nSPS) is 14.4. The van der Waals surface area contributed by atoms with E-state index in [9.17, 15) is 0 Å².